The molecular formula is C20H24ClNO2. The lowest BCUT2D eigenvalue weighted by atomic mass is 9.60. The van der Waals surface area contributed by atoms with Crippen LogP contribution in [0.3, 0.4) is 0 Å². The van der Waals surface area contributed by atoms with Gasteiger partial charge in [-0.25, -0.2) is 0 Å². The fraction of sp³-hybridized carbons (Fsp3) is 0.650. The SMILES string of the molecule is O=C(N1CC(O)C1)C1(Cc2ccccc2Cl)C2CC3CC(C2)C1C3. The van der Waals surface area contributed by atoms with Gasteiger partial charge in [0.2, 0.25) is 5.91 Å². The van der Waals surface area contributed by atoms with E-state index in [-0.39, 0.29) is 11.5 Å². The van der Waals surface area contributed by atoms with Crippen molar-refractivity contribution in [2.24, 2.45) is 29.1 Å². The summed E-state index contributed by atoms with van der Waals surface area (Å²) in [7, 11) is 0. The molecule has 0 spiro atoms. The number of halogens is 1. The van der Waals surface area contributed by atoms with E-state index in [1.807, 2.05) is 23.1 Å². The van der Waals surface area contributed by atoms with Crippen molar-refractivity contribution in [1.29, 1.82) is 0 Å². The molecule has 1 aromatic carbocycles. The lowest BCUT2D eigenvalue weighted by Gasteiger charge is -2.49. The molecule has 24 heavy (non-hydrogen) atoms. The summed E-state index contributed by atoms with van der Waals surface area (Å²) in [6.07, 6.45) is 5.40. The Morgan fingerprint density at radius 2 is 2.00 bits per heavy atom. The number of aliphatic hydroxyl groups excluding tert-OH is 1. The van der Waals surface area contributed by atoms with E-state index in [1.54, 1.807) is 0 Å². The molecule has 5 unspecified atom stereocenters. The third kappa shape index (κ3) is 1.97. The number of carbonyl (C=O) groups is 1. The normalized spacial score (nSPS) is 40.2. The van der Waals surface area contributed by atoms with Crippen LogP contribution in [0.2, 0.25) is 5.02 Å². The minimum absolute atomic E-state index is 0.275. The molecule has 4 bridgehead atoms. The quantitative estimate of drug-likeness (QED) is 0.914. The van der Waals surface area contributed by atoms with E-state index in [0.717, 1.165) is 28.8 Å². The highest BCUT2D eigenvalue weighted by Crippen LogP contribution is 2.68. The molecule has 4 heteroatoms. The van der Waals surface area contributed by atoms with Crippen LogP contribution < -0.4 is 0 Å². The number of β-amino-alcohol motifs (C(OH)–C–C–N with tert-alkyl or cyclic N) is 1. The summed E-state index contributed by atoms with van der Waals surface area (Å²) in [6, 6.07) is 8.00. The van der Waals surface area contributed by atoms with Crippen molar-refractivity contribution >= 4 is 17.5 Å². The van der Waals surface area contributed by atoms with E-state index in [0.29, 0.717) is 30.8 Å². The molecule has 5 fully saturated rings. The average Bonchev–Trinajstić information content (AvgIpc) is 2.94. The molecule has 1 aliphatic heterocycles. The fourth-order valence-electron chi connectivity index (χ4n) is 6.47. The fourth-order valence-corrected chi connectivity index (χ4v) is 6.67. The van der Waals surface area contributed by atoms with Crippen molar-refractivity contribution in [2.75, 3.05) is 13.1 Å². The van der Waals surface area contributed by atoms with Crippen LogP contribution in [0.15, 0.2) is 24.3 Å². The molecule has 1 saturated heterocycles. The predicted octanol–water partition coefficient (Wildman–Crippen LogP) is 3.14. The van der Waals surface area contributed by atoms with Crippen LogP contribution in [-0.4, -0.2) is 35.1 Å². The Balaban J connectivity index is 1.54. The Bertz CT molecular complexity index is 682. The Hall–Kier alpha value is -1.06. The molecular weight excluding hydrogens is 322 g/mol. The first-order chi connectivity index (χ1) is 11.6. The number of amides is 1. The Morgan fingerprint density at radius 3 is 2.71 bits per heavy atom. The van der Waals surface area contributed by atoms with Gasteiger partial charge >= 0.3 is 0 Å². The maximum absolute atomic E-state index is 13.6. The molecule has 6 rings (SSSR count). The van der Waals surface area contributed by atoms with Gasteiger partial charge in [-0.3, -0.25) is 4.79 Å². The zero-order valence-corrected chi connectivity index (χ0v) is 14.6. The van der Waals surface area contributed by atoms with Gasteiger partial charge in [0, 0.05) is 18.1 Å². The second-order valence-corrected chi connectivity index (χ2v) is 8.95. The van der Waals surface area contributed by atoms with Gasteiger partial charge < -0.3 is 10.0 Å². The van der Waals surface area contributed by atoms with Gasteiger partial charge in [0.15, 0.2) is 0 Å². The molecule has 5 aliphatic rings. The van der Waals surface area contributed by atoms with Gasteiger partial charge in [-0.15, -0.1) is 0 Å². The van der Waals surface area contributed by atoms with E-state index in [1.165, 1.54) is 25.7 Å². The summed E-state index contributed by atoms with van der Waals surface area (Å²) in [5, 5.41) is 10.5. The number of rotatable bonds is 3. The highest BCUT2D eigenvalue weighted by molar-refractivity contribution is 6.31. The van der Waals surface area contributed by atoms with Gasteiger partial charge in [-0.1, -0.05) is 29.8 Å². The van der Waals surface area contributed by atoms with Crippen LogP contribution in [-0.2, 0) is 11.2 Å². The molecule has 128 valence electrons. The van der Waals surface area contributed by atoms with Crippen molar-refractivity contribution in [3.63, 3.8) is 0 Å². The second-order valence-electron chi connectivity index (χ2n) is 8.54. The topological polar surface area (TPSA) is 40.5 Å². The summed E-state index contributed by atoms with van der Waals surface area (Å²) in [6.45, 7) is 1.02. The minimum Gasteiger partial charge on any atom is -0.389 e. The third-order valence-corrected chi connectivity index (χ3v) is 7.74. The molecule has 1 amide bonds. The first kappa shape index (κ1) is 15.2. The second kappa shape index (κ2) is 5.22. The molecule has 5 atom stereocenters. The van der Waals surface area contributed by atoms with Crippen molar-refractivity contribution in [3.8, 4) is 0 Å². The summed E-state index contributed by atoms with van der Waals surface area (Å²) in [4.78, 5) is 15.5. The van der Waals surface area contributed by atoms with E-state index in [9.17, 15) is 9.90 Å². The van der Waals surface area contributed by atoms with Crippen LogP contribution in [0.25, 0.3) is 0 Å². The number of hydrogen-bond acceptors (Lipinski definition) is 2. The summed E-state index contributed by atoms with van der Waals surface area (Å²) in [5.74, 6) is 2.88. The molecule has 4 aliphatic carbocycles. The number of nitrogens with zero attached hydrogens (tertiary/aromatic N) is 1. The summed E-state index contributed by atoms with van der Waals surface area (Å²) < 4.78 is 0. The molecule has 1 aromatic rings. The van der Waals surface area contributed by atoms with Crippen molar-refractivity contribution in [1.82, 2.24) is 4.90 Å². The lowest BCUT2D eigenvalue weighted by molar-refractivity contribution is -0.160. The Labute approximate surface area is 148 Å². The molecule has 0 radical (unpaired) electrons. The predicted molar refractivity (Wildman–Crippen MR) is 92.6 cm³/mol. The first-order valence-corrected chi connectivity index (χ1v) is 9.66. The van der Waals surface area contributed by atoms with Crippen molar-refractivity contribution in [3.05, 3.63) is 34.9 Å². The van der Waals surface area contributed by atoms with Gasteiger partial charge in [0.05, 0.1) is 11.5 Å². The average molecular weight is 346 g/mol. The zero-order valence-electron chi connectivity index (χ0n) is 13.8. The smallest absolute Gasteiger partial charge is 0.229 e. The monoisotopic (exact) mass is 345 g/mol. The molecule has 3 nitrogen and oxygen atoms in total. The van der Waals surface area contributed by atoms with E-state index >= 15 is 0 Å². The van der Waals surface area contributed by atoms with Gasteiger partial charge in [-0.2, -0.15) is 0 Å². The van der Waals surface area contributed by atoms with Crippen molar-refractivity contribution in [2.45, 2.75) is 38.2 Å². The van der Waals surface area contributed by atoms with Gasteiger partial charge in [0.1, 0.15) is 0 Å². The van der Waals surface area contributed by atoms with Crippen LogP contribution >= 0.6 is 11.6 Å². The van der Waals surface area contributed by atoms with Crippen molar-refractivity contribution < 1.29 is 9.90 Å². The zero-order chi connectivity index (χ0) is 16.5. The molecule has 1 N–H and O–H groups in total. The summed E-state index contributed by atoms with van der Waals surface area (Å²) >= 11 is 6.46. The van der Waals surface area contributed by atoms with E-state index in [2.05, 4.69) is 6.07 Å². The van der Waals surface area contributed by atoms with Crippen LogP contribution in [0.4, 0.5) is 0 Å². The van der Waals surface area contributed by atoms with Crippen LogP contribution in [0.1, 0.15) is 31.2 Å². The number of likely N-dealkylation sites (tertiary alicyclic amines) is 1. The summed E-state index contributed by atoms with van der Waals surface area (Å²) in [5.41, 5.74) is 0.840. The third-order valence-electron chi connectivity index (χ3n) is 7.38. The first-order valence-electron chi connectivity index (χ1n) is 9.28. The maximum Gasteiger partial charge on any atom is 0.229 e. The standard InChI is InChI=1S/C20H24ClNO2/c21-18-4-2-1-3-13(18)9-20(19(24)22-10-16(23)11-22)15-6-12-5-14(8-15)17(20)7-12/h1-4,12,14-17,23H,5-11H2. The molecule has 4 saturated carbocycles. The maximum atomic E-state index is 13.6. The highest BCUT2D eigenvalue weighted by Gasteiger charge is 2.66. The van der Waals surface area contributed by atoms with Gasteiger partial charge in [-0.05, 0) is 67.4 Å². The number of hydrogen-bond donors (Lipinski definition) is 1. The van der Waals surface area contributed by atoms with E-state index < -0.39 is 0 Å². The lowest BCUT2D eigenvalue weighted by Crippen LogP contribution is -2.61. The van der Waals surface area contributed by atoms with Crippen LogP contribution in [0.5, 0.6) is 0 Å². The number of benzene rings is 1. The largest absolute Gasteiger partial charge is 0.389 e. The van der Waals surface area contributed by atoms with Crippen LogP contribution in [0, 0.1) is 29.1 Å². The molecule has 1 heterocycles. The number of aliphatic hydroxyl groups is 1. The van der Waals surface area contributed by atoms with E-state index in [4.69, 9.17) is 11.6 Å². The molecule has 0 aromatic heterocycles. The Kier molecular flexibility index (Phi) is 3.31. The number of carbonyl (C=O) groups excluding carboxylic acids is 1. The minimum atomic E-state index is -0.332. The van der Waals surface area contributed by atoms with Gasteiger partial charge in [0.25, 0.3) is 0 Å². The Morgan fingerprint density at radius 1 is 1.21 bits per heavy atom. The highest BCUT2D eigenvalue weighted by atomic mass is 35.5.